The standard InChI is InChI=1S/C12H21N5O2/c1-7(2)12(4,5)6-14-10-9(17(18)19)8(3)15-11(13)16-10/h7H,6H2,1-5H3,(H3,13,14,15,16). The number of rotatable bonds is 5. The summed E-state index contributed by atoms with van der Waals surface area (Å²) < 4.78 is 0. The lowest BCUT2D eigenvalue weighted by Crippen LogP contribution is -2.29. The largest absolute Gasteiger partial charge is 0.368 e. The molecule has 0 saturated heterocycles. The van der Waals surface area contributed by atoms with E-state index in [1.807, 2.05) is 0 Å². The summed E-state index contributed by atoms with van der Waals surface area (Å²) in [7, 11) is 0. The molecule has 0 aliphatic carbocycles. The second kappa shape index (κ2) is 5.38. The van der Waals surface area contributed by atoms with E-state index in [2.05, 4.69) is 43.0 Å². The Labute approximate surface area is 112 Å². The van der Waals surface area contributed by atoms with E-state index in [4.69, 9.17) is 5.73 Å². The summed E-state index contributed by atoms with van der Waals surface area (Å²) in [4.78, 5) is 18.3. The van der Waals surface area contributed by atoms with Crippen molar-refractivity contribution in [2.24, 2.45) is 11.3 Å². The first-order valence-corrected chi connectivity index (χ1v) is 6.17. The van der Waals surface area contributed by atoms with Gasteiger partial charge in [0, 0.05) is 6.54 Å². The lowest BCUT2D eigenvalue weighted by Gasteiger charge is -2.29. The van der Waals surface area contributed by atoms with Crippen molar-refractivity contribution in [3.8, 4) is 0 Å². The van der Waals surface area contributed by atoms with Gasteiger partial charge in [-0.05, 0) is 18.3 Å². The van der Waals surface area contributed by atoms with Gasteiger partial charge in [-0.25, -0.2) is 4.98 Å². The van der Waals surface area contributed by atoms with Crippen LogP contribution in [0.5, 0.6) is 0 Å². The van der Waals surface area contributed by atoms with Crippen LogP contribution in [0.4, 0.5) is 17.5 Å². The molecule has 0 bridgehead atoms. The molecule has 0 unspecified atom stereocenters. The average Bonchev–Trinajstić information content (AvgIpc) is 2.24. The fraction of sp³-hybridized carbons (Fsp3) is 0.667. The van der Waals surface area contributed by atoms with E-state index in [9.17, 15) is 10.1 Å². The molecule has 0 saturated carbocycles. The van der Waals surface area contributed by atoms with Crippen molar-refractivity contribution < 1.29 is 4.92 Å². The van der Waals surface area contributed by atoms with Crippen LogP contribution >= 0.6 is 0 Å². The zero-order valence-corrected chi connectivity index (χ0v) is 12.0. The maximum Gasteiger partial charge on any atom is 0.332 e. The Hall–Kier alpha value is -1.92. The van der Waals surface area contributed by atoms with Crippen LogP contribution in [0.25, 0.3) is 0 Å². The highest BCUT2D eigenvalue weighted by Crippen LogP contribution is 2.30. The molecule has 1 aromatic heterocycles. The van der Waals surface area contributed by atoms with E-state index in [1.165, 1.54) is 0 Å². The first-order valence-electron chi connectivity index (χ1n) is 6.17. The predicted octanol–water partition coefficient (Wildman–Crippen LogP) is 2.37. The molecule has 19 heavy (non-hydrogen) atoms. The monoisotopic (exact) mass is 267 g/mol. The third-order valence-electron chi connectivity index (χ3n) is 3.53. The number of nitrogens with zero attached hydrogens (tertiary/aromatic N) is 3. The highest BCUT2D eigenvalue weighted by Gasteiger charge is 2.26. The molecule has 3 N–H and O–H groups in total. The number of aromatic nitrogens is 2. The molecule has 0 aliphatic heterocycles. The number of aryl methyl sites for hydroxylation is 1. The molecule has 1 heterocycles. The van der Waals surface area contributed by atoms with Crippen molar-refractivity contribution in [1.29, 1.82) is 0 Å². The first-order chi connectivity index (χ1) is 8.65. The Morgan fingerprint density at radius 2 is 2.00 bits per heavy atom. The van der Waals surface area contributed by atoms with E-state index < -0.39 is 4.92 Å². The van der Waals surface area contributed by atoms with Gasteiger partial charge in [0.25, 0.3) is 0 Å². The fourth-order valence-corrected chi connectivity index (χ4v) is 1.45. The van der Waals surface area contributed by atoms with Gasteiger partial charge in [0.05, 0.1) is 4.92 Å². The molecule has 0 spiro atoms. The van der Waals surface area contributed by atoms with Gasteiger partial charge in [-0.3, -0.25) is 10.1 Å². The molecular weight excluding hydrogens is 246 g/mol. The molecule has 7 heteroatoms. The molecule has 0 aliphatic rings. The van der Waals surface area contributed by atoms with Gasteiger partial charge in [-0.1, -0.05) is 27.7 Å². The zero-order valence-electron chi connectivity index (χ0n) is 12.0. The van der Waals surface area contributed by atoms with Crippen LogP contribution in [0.15, 0.2) is 0 Å². The molecule has 0 fully saturated rings. The lowest BCUT2D eigenvalue weighted by atomic mass is 9.81. The normalized spacial score (nSPS) is 11.7. The van der Waals surface area contributed by atoms with Gasteiger partial charge < -0.3 is 11.1 Å². The van der Waals surface area contributed by atoms with Crippen LogP contribution in [0, 0.1) is 28.4 Å². The molecular formula is C12H21N5O2. The van der Waals surface area contributed by atoms with E-state index in [1.54, 1.807) is 6.92 Å². The quantitative estimate of drug-likeness (QED) is 0.626. The third kappa shape index (κ3) is 3.52. The lowest BCUT2D eigenvalue weighted by molar-refractivity contribution is -0.385. The minimum Gasteiger partial charge on any atom is -0.368 e. The summed E-state index contributed by atoms with van der Waals surface area (Å²) in [6, 6.07) is 0. The number of nitrogens with one attached hydrogen (secondary N) is 1. The highest BCUT2D eigenvalue weighted by molar-refractivity contribution is 5.60. The summed E-state index contributed by atoms with van der Waals surface area (Å²) in [6.45, 7) is 10.5. The van der Waals surface area contributed by atoms with E-state index in [-0.39, 0.29) is 28.6 Å². The molecule has 0 radical (unpaired) electrons. The first kappa shape index (κ1) is 15.1. The number of hydrogen-bond donors (Lipinski definition) is 2. The van der Waals surface area contributed by atoms with Crippen molar-refractivity contribution in [3.63, 3.8) is 0 Å². The van der Waals surface area contributed by atoms with Crippen molar-refractivity contribution in [2.45, 2.75) is 34.6 Å². The van der Waals surface area contributed by atoms with Crippen molar-refractivity contribution in [1.82, 2.24) is 9.97 Å². The van der Waals surface area contributed by atoms with Crippen LogP contribution < -0.4 is 11.1 Å². The van der Waals surface area contributed by atoms with E-state index >= 15 is 0 Å². The SMILES string of the molecule is Cc1nc(N)nc(NCC(C)(C)C(C)C)c1[N+](=O)[O-]. The van der Waals surface area contributed by atoms with Crippen molar-refractivity contribution >= 4 is 17.5 Å². The summed E-state index contributed by atoms with van der Waals surface area (Å²) in [5.74, 6) is 0.649. The summed E-state index contributed by atoms with van der Waals surface area (Å²) in [5, 5.41) is 14.1. The number of nitrogen functional groups attached to an aromatic ring is 1. The molecule has 0 amide bonds. The Bertz CT molecular complexity index is 485. The van der Waals surface area contributed by atoms with Crippen LogP contribution in [-0.4, -0.2) is 21.4 Å². The van der Waals surface area contributed by atoms with Gasteiger partial charge in [-0.2, -0.15) is 4.98 Å². The Balaban J connectivity index is 3.04. The summed E-state index contributed by atoms with van der Waals surface area (Å²) >= 11 is 0. The number of nitrogens with two attached hydrogens (primary N) is 1. The average molecular weight is 267 g/mol. The highest BCUT2D eigenvalue weighted by atomic mass is 16.6. The Morgan fingerprint density at radius 1 is 1.42 bits per heavy atom. The van der Waals surface area contributed by atoms with Crippen LogP contribution in [0.3, 0.4) is 0 Å². The molecule has 1 rings (SSSR count). The molecule has 1 aromatic rings. The van der Waals surface area contributed by atoms with E-state index in [0.29, 0.717) is 12.5 Å². The molecule has 0 atom stereocenters. The minimum atomic E-state index is -0.487. The Morgan fingerprint density at radius 3 is 2.47 bits per heavy atom. The number of hydrogen-bond acceptors (Lipinski definition) is 6. The summed E-state index contributed by atoms with van der Waals surface area (Å²) in [5.41, 5.74) is 5.68. The van der Waals surface area contributed by atoms with E-state index in [0.717, 1.165) is 0 Å². The van der Waals surface area contributed by atoms with Gasteiger partial charge >= 0.3 is 5.69 Å². The van der Waals surface area contributed by atoms with Crippen molar-refractivity contribution in [2.75, 3.05) is 17.6 Å². The zero-order chi connectivity index (χ0) is 14.8. The predicted molar refractivity (Wildman–Crippen MR) is 74.9 cm³/mol. The second-order valence-corrected chi connectivity index (χ2v) is 5.62. The third-order valence-corrected chi connectivity index (χ3v) is 3.53. The van der Waals surface area contributed by atoms with Gasteiger partial charge in [-0.15, -0.1) is 0 Å². The van der Waals surface area contributed by atoms with Crippen LogP contribution in [0.2, 0.25) is 0 Å². The topological polar surface area (TPSA) is 107 Å². The fourth-order valence-electron chi connectivity index (χ4n) is 1.45. The number of nitro groups is 1. The second-order valence-electron chi connectivity index (χ2n) is 5.62. The smallest absolute Gasteiger partial charge is 0.332 e. The molecule has 106 valence electrons. The maximum atomic E-state index is 11.1. The van der Waals surface area contributed by atoms with Gasteiger partial charge in [0.15, 0.2) is 0 Å². The van der Waals surface area contributed by atoms with Crippen LogP contribution in [0.1, 0.15) is 33.4 Å². The van der Waals surface area contributed by atoms with Gasteiger partial charge in [0.2, 0.25) is 11.8 Å². The Kier molecular flexibility index (Phi) is 4.28. The van der Waals surface area contributed by atoms with Crippen molar-refractivity contribution in [3.05, 3.63) is 15.8 Å². The minimum absolute atomic E-state index is 0.0124. The molecule has 0 aromatic carbocycles. The van der Waals surface area contributed by atoms with Crippen LogP contribution in [-0.2, 0) is 0 Å². The summed E-state index contributed by atoms with van der Waals surface area (Å²) in [6.07, 6.45) is 0. The molecule has 7 nitrogen and oxygen atoms in total. The maximum absolute atomic E-state index is 11.1. The van der Waals surface area contributed by atoms with Gasteiger partial charge in [0.1, 0.15) is 5.69 Å². The number of anilines is 2.